The number of hydrogen-bond acceptors (Lipinski definition) is 1. The highest BCUT2D eigenvalue weighted by molar-refractivity contribution is 7.84. The number of nitrogens with one attached hydrogen (secondary N) is 1. The lowest BCUT2D eigenvalue weighted by atomic mass is 9.90. The molecule has 2 atom stereocenters. The lowest BCUT2D eigenvalue weighted by Gasteiger charge is -2.34. The van der Waals surface area contributed by atoms with Crippen LogP contribution in [-0.4, -0.2) is 15.1 Å². The van der Waals surface area contributed by atoms with Crippen molar-refractivity contribution in [2.75, 3.05) is 0 Å². The second-order valence-corrected chi connectivity index (χ2v) is 8.68. The molecule has 138 valence electrons. The van der Waals surface area contributed by atoms with Gasteiger partial charge in [-0.05, 0) is 38.5 Å². The van der Waals surface area contributed by atoms with Gasteiger partial charge in [0, 0.05) is 5.56 Å². The van der Waals surface area contributed by atoms with Gasteiger partial charge in [-0.15, -0.1) is 0 Å². The average Bonchev–Trinajstić information content (AvgIpc) is 2.58. The highest BCUT2D eigenvalue weighted by Crippen LogP contribution is 2.39. The first-order chi connectivity index (χ1) is 12.1. The first kappa shape index (κ1) is 20.2. The van der Waals surface area contributed by atoms with Crippen LogP contribution in [0.15, 0.2) is 60.7 Å². The van der Waals surface area contributed by atoms with Crippen LogP contribution in [0.25, 0.3) is 0 Å². The fraction of sp³-hybridized carbons (Fsp3) is 0.300. The molecule has 0 heterocycles. The molecule has 6 heteroatoms. The minimum absolute atomic E-state index is 0.103. The number of hydrogen-bond donors (Lipinski definition) is 1. The fourth-order valence-corrected chi connectivity index (χ4v) is 2.99. The SMILES string of the molecule is CC(C)(C)[S@](=O)N[C@@](C#Cc1ccccc1)(c1ccccc1)C(F)(F)F. The molecular formula is C20H20F3NOS. The molecule has 0 saturated heterocycles. The monoisotopic (exact) mass is 379 g/mol. The van der Waals surface area contributed by atoms with E-state index < -0.39 is 27.4 Å². The summed E-state index contributed by atoms with van der Waals surface area (Å²) in [6.07, 6.45) is -4.78. The molecule has 1 N–H and O–H groups in total. The van der Waals surface area contributed by atoms with Crippen molar-refractivity contribution in [3.05, 3.63) is 71.8 Å². The van der Waals surface area contributed by atoms with Crippen LogP contribution in [0.4, 0.5) is 13.2 Å². The predicted molar refractivity (Wildman–Crippen MR) is 98.5 cm³/mol. The van der Waals surface area contributed by atoms with Crippen molar-refractivity contribution in [2.24, 2.45) is 0 Å². The van der Waals surface area contributed by atoms with E-state index in [-0.39, 0.29) is 5.56 Å². The van der Waals surface area contributed by atoms with Crippen LogP contribution in [0, 0.1) is 11.8 Å². The molecule has 0 spiro atoms. The Hall–Kier alpha value is -2.10. The topological polar surface area (TPSA) is 29.1 Å². The Morgan fingerprint density at radius 1 is 0.885 bits per heavy atom. The van der Waals surface area contributed by atoms with Crippen molar-refractivity contribution in [2.45, 2.75) is 37.2 Å². The van der Waals surface area contributed by atoms with E-state index in [4.69, 9.17) is 0 Å². The van der Waals surface area contributed by atoms with E-state index in [0.717, 1.165) is 0 Å². The molecular weight excluding hydrogens is 359 g/mol. The molecule has 0 aliphatic heterocycles. The van der Waals surface area contributed by atoms with Crippen LogP contribution in [0.1, 0.15) is 31.9 Å². The zero-order valence-electron chi connectivity index (χ0n) is 14.7. The molecule has 26 heavy (non-hydrogen) atoms. The number of rotatable bonds is 3. The van der Waals surface area contributed by atoms with E-state index in [1.54, 1.807) is 57.2 Å². The van der Waals surface area contributed by atoms with Crippen molar-refractivity contribution in [3.8, 4) is 11.8 Å². The van der Waals surface area contributed by atoms with Crippen LogP contribution in [0.3, 0.4) is 0 Å². The zero-order valence-corrected chi connectivity index (χ0v) is 15.5. The maximum atomic E-state index is 14.2. The Labute approximate surface area is 154 Å². The summed E-state index contributed by atoms with van der Waals surface area (Å²) in [6.45, 7) is 4.81. The Morgan fingerprint density at radius 2 is 1.38 bits per heavy atom. The summed E-state index contributed by atoms with van der Waals surface area (Å²) in [7, 11) is -1.98. The van der Waals surface area contributed by atoms with E-state index in [1.807, 2.05) is 0 Å². The smallest absolute Gasteiger partial charge is 0.242 e. The Morgan fingerprint density at radius 3 is 1.85 bits per heavy atom. The summed E-state index contributed by atoms with van der Waals surface area (Å²) in [5.41, 5.74) is -2.41. The highest BCUT2D eigenvalue weighted by Gasteiger charge is 2.57. The van der Waals surface area contributed by atoms with Gasteiger partial charge < -0.3 is 0 Å². The van der Waals surface area contributed by atoms with E-state index in [1.165, 1.54) is 24.3 Å². The summed E-state index contributed by atoms with van der Waals surface area (Å²) < 4.78 is 56.6. The van der Waals surface area contributed by atoms with Crippen molar-refractivity contribution in [1.82, 2.24) is 4.72 Å². The van der Waals surface area contributed by atoms with Gasteiger partial charge in [0.25, 0.3) is 0 Å². The molecule has 0 saturated carbocycles. The second-order valence-electron chi connectivity index (χ2n) is 6.71. The van der Waals surface area contributed by atoms with Crippen molar-refractivity contribution >= 4 is 11.0 Å². The highest BCUT2D eigenvalue weighted by atomic mass is 32.2. The Bertz CT molecular complexity index is 817. The fourth-order valence-electron chi connectivity index (χ4n) is 2.12. The lowest BCUT2D eigenvalue weighted by Crippen LogP contribution is -2.56. The predicted octanol–water partition coefficient (Wildman–Crippen LogP) is 4.55. The van der Waals surface area contributed by atoms with Crippen LogP contribution in [0.5, 0.6) is 0 Å². The van der Waals surface area contributed by atoms with Crippen molar-refractivity contribution < 1.29 is 17.4 Å². The van der Waals surface area contributed by atoms with Gasteiger partial charge in [-0.1, -0.05) is 60.4 Å². The third kappa shape index (κ3) is 4.54. The van der Waals surface area contributed by atoms with E-state index in [0.29, 0.717) is 5.56 Å². The molecule has 0 amide bonds. The van der Waals surface area contributed by atoms with Crippen LogP contribution in [0.2, 0.25) is 0 Å². The van der Waals surface area contributed by atoms with Crippen LogP contribution >= 0.6 is 0 Å². The van der Waals surface area contributed by atoms with Crippen LogP contribution in [-0.2, 0) is 16.5 Å². The average molecular weight is 379 g/mol. The second kappa shape index (κ2) is 7.65. The summed E-state index contributed by atoms with van der Waals surface area (Å²) in [6, 6.07) is 15.7. The molecule has 0 aromatic heterocycles. The Balaban J connectivity index is 2.66. The summed E-state index contributed by atoms with van der Waals surface area (Å²) >= 11 is 0. The normalized spacial score (nSPS) is 15.5. The largest absolute Gasteiger partial charge is 0.423 e. The molecule has 0 bridgehead atoms. The van der Waals surface area contributed by atoms with Gasteiger partial charge in [0.2, 0.25) is 5.54 Å². The minimum atomic E-state index is -4.78. The van der Waals surface area contributed by atoms with E-state index >= 15 is 0 Å². The molecule has 0 aliphatic rings. The molecule has 0 radical (unpaired) electrons. The van der Waals surface area contributed by atoms with Gasteiger partial charge in [-0.3, -0.25) is 0 Å². The minimum Gasteiger partial charge on any atom is -0.242 e. The molecule has 2 nitrogen and oxygen atoms in total. The van der Waals surface area contributed by atoms with E-state index in [9.17, 15) is 17.4 Å². The van der Waals surface area contributed by atoms with Gasteiger partial charge in [0.1, 0.15) is 0 Å². The van der Waals surface area contributed by atoms with Gasteiger partial charge in [-0.25, -0.2) is 8.93 Å². The molecule has 0 aliphatic carbocycles. The maximum absolute atomic E-state index is 14.2. The standard InChI is InChI=1S/C20H20F3NOS/c1-18(2,3)26(25)24-19(20(21,22)23,17-12-8-5-9-13-17)15-14-16-10-6-4-7-11-16/h4-13,24H,1-3H3/t19-,26-/m0/s1. The van der Waals surface area contributed by atoms with E-state index in [2.05, 4.69) is 16.6 Å². The number of benzene rings is 2. The van der Waals surface area contributed by atoms with Crippen molar-refractivity contribution in [3.63, 3.8) is 0 Å². The molecule has 0 fully saturated rings. The Kier molecular flexibility index (Phi) is 5.94. The van der Waals surface area contributed by atoms with Crippen LogP contribution < -0.4 is 4.72 Å². The first-order valence-corrected chi connectivity index (χ1v) is 9.11. The van der Waals surface area contributed by atoms with Gasteiger partial charge >= 0.3 is 6.18 Å². The van der Waals surface area contributed by atoms with Gasteiger partial charge in [-0.2, -0.15) is 13.2 Å². The number of alkyl halides is 3. The maximum Gasteiger partial charge on any atom is 0.423 e. The van der Waals surface area contributed by atoms with Gasteiger partial charge in [0.15, 0.2) is 0 Å². The lowest BCUT2D eigenvalue weighted by molar-refractivity contribution is -0.176. The van der Waals surface area contributed by atoms with Crippen molar-refractivity contribution in [1.29, 1.82) is 0 Å². The molecule has 0 unspecified atom stereocenters. The first-order valence-electron chi connectivity index (χ1n) is 7.96. The number of halogens is 3. The zero-order chi connectivity index (χ0) is 19.4. The third-order valence-corrected chi connectivity index (χ3v) is 5.21. The summed E-state index contributed by atoms with van der Waals surface area (Å²) in [5.74, 6) is 4.91. The summed E-state index contributed by atoms with van der Waals surface area (Å²) in [4.78, 5) is 0. The molecule has 2 rings (SSSR count). The third-order valence-electron chi connectivity index (χ3n) is 3.60. The van der Waals surface area contributed by atoms with Gasteiger partial charge in [0.05, 0.1) is 15.7 Å². The summed E-state index contributed by atoms with van der Waals surface area (Å²) in [5, 5.41) is 0. The molecule has 2 aromatic carbocycles. The quantitative estimate of drug-likeness (QED) is 0.779. The molecule has 2 aromatic rings.